The minimum absolute atomic E-state index is 0.536. The predicted octanol–water partition coefficient (Wildman–Crippen LogP) is 1.01. The first-order chi connectivity index (χ1) is 12.7. The molecule has 0 saturated carbocycles. The van der Waals surface area contributed by atoms with Gasteiger partial charge in [0.2, 0.25) is 0 Å². The Morgan fingerprint density at radius 2 is 1.81 bits per heavy atom. The van der Waals surface area contributed by atoms with Crippen molar-refractivity contribution < 1.29 is 0 Å². The van der Waals surface area contributed by atoms with Crippen LogP contribution in [0.1, 0.15) is 32.6 Å². The van der Waals surface area contributed by atoms with Crippen LogP contribution in [0, 0.1) is 5.92 Å². The van der Waals surface area contributed by atoms with Crippen LogP contribution in [-0.4, -0.2) is 111 Å². The number of hydrogen-bond donors (Lipinski definition) is 1. The van der Waals surface area contributed by atoms with Crippen molar-refractivity contribution in [3.8, 4) is 0 Å². The van der Waals surface area contributed by atoms with Gasteiger partial charge in [-0.05, 0) is 59.3 Å². The predicted molar refractivity (Wildman–Crippen MR) is 110 cm³/mol. The zero-order valence-electron chi connectivity index (χ0n) is 17.3. The molecule has 6 nitrogen and oxygen atoms in total. The zero-order valence-corrected chi connectivity index (χ0v) is 17.3. The number of guanidine groups is 1. The van der Waals surface area contributed by atoms with Crippen LogP contribution in [0.15, 0.2) is 4.99 Å². The quantitative estimate of drug-likeness (QED) is 0.582. The van der Waals surface area contributed by atoms with Crippen molar-refractivity contribution in [3.05, 3.63) is 0 Å². The van der Waals surface area contributed by atoms with Crippen LogP contribution in [0.2, 0.25) is 0 Å². The largest absolute Gasteiger partial charge is 0.357 e. The third-order valence-corrected chi connectivity index (χ3v) is 6.32. The van der Waals surface area contributed by atoms with Gasteiger partial charge in [0, 0.05) is 51.9 Å². The summed E-state index contributed by atoms with van der Waals surface area (Å²) in [5.74, 6) is 1.94. The van der Waals surface area contributed by atoms with Crippen LogP contribution in [0.25, 0.3) is 0 Å². The Morgan fingerprint density at radius 1 is 1.00 bits per heavy atom. The summed E-state index contributed by atoms with van der Waals surface area (Å²) in [6.07, 6.45) is 5.52. The van der Waals surface area contributed by atoms with E-state index in [4.69, 9.17) is 4.99 Å². The monoisotopic (exact) mass is 364 g/mol. The highest BCUT2D eigenvalue weighted by Gasteiger charge is 2.28. The molecule has 0 amide bonds. The fourth-order valence-corrected chi connectivity index (χ4v) is 4.60. The van der Waals surface area contributed by atoms with E-state index in [1.165, 1.54) is 58.4 Å². The number of rotatable bonds is 5. The Bertz CT molecular complexity index is 448. The fourth-order valence-electron chi connectivity index (χ4n) is 4.60. The van der Waals surface area contributed by atoms with Gasteiger partial charge in [-0.3, -0.25) is 9.89 Å². The molecule has 0 radical (unpaired) electrons. The molecule has 0 aromatic carbocycles. The number of nitrogens with one attached hydrogen (secondary N) is 1. The highest BCUT2D eigenvalue weighted by Crippen LogP contribution is 2.20. The molecule has 3 aliphatic heterocycles. The van der Waals surface area contributed by atoms with E-state index in [-0.39, 0.29) is 0 Å². The molecule has 3 heterocycles. The molecular weight excluding hydrogens is 324 g/mol. The van der Waals surface area contributed by atoms with E-state index < -0.39 is 0 Å². The molecule has 150 valence electrons. The summed E-state index contributed by atoms with van der Waals surface area (Å²) >= 11 is 0. The molecule has 3 saturated heterocycles. The molecule has 2 unspecified atom stereocenters. The van der Waals surface area contributed by atoms with Gasteiger partial charge in [-0.2, -0.15) is 0 Å². The molecule has 2 atom stereocenters. The molecule has 0 aliphatic carbocycles. The Labute approximate surface area is 160 Å². The summed E-state index contributed by atoms with van der Waals surface area (Å²) < 4.78 is 0. The van der Waals surface area contributed by atoms with Crippen LogP contribution in [0.3, 0.4) is 0 Å². The second-order valence-corrected chi connectivity index (χ2v) is 8.55. The molecular formula is C20H40N6. The highest BCUT2D eigenvalue weighted by molar-refractivity contribution is 5.80. The maximum Gasteiger partial charge on any atom is 0.193 e. The maximum absolute atomic E-state index is 5.03. The Balaban J connectivity index is 1.52. The first-order valence-corrected chi connectivity index (χ1v) is 10.8. The molecule has 0 aromatic heterocycles. The van der Waals surface area contributed by atoms with Crippen molar-refractivity contribution in [1.29, 1.82) is 0 Å². The fraction of sp³-hybridized carbons (Fsp3) is 0.950. The third kappa shape index (κ3) is 5.57. The smallest absolute Gasteiger partial charge is 0.193 e. The Kier molecular flexibility index (Phi) is 7.58. The van der Waals surface area contributed by atoms with Gasteiger partial charge in [0.15, 0.2) is 5.96 Å². The lowest BCUT2D eigenvalue weighted by atomic mass is 10.1. The van der Waals surface area contributed by atoms with E-state index in [2.05, 4.69) is 45.9 Å². The number of nitrogens with zero attached hydrogens (tertiary/aromatic N) is 5. The number of aliphatic imine (C=N–C) groups is 1. The molecule has 3 fully saturated rings. The standard InChI is InChI=1S/C20H40N6/c1-4-21-20(22-14-19-17-23(2)12-13-24(19)3)26-11-8-18(16-26)15-25-9-6-5-7-10-25/h18-19H,4-17H2,1-3H3,(H,21,22). The van der Waals surface area contributed by atoms with Crippen molar-refractivity contribution in [2.45, 2.75) is 38.6 Å². The summed E-state index contributed by atoms with van der Waals surface area (Å²) in [5, 5.41) is 3.54. The van der Waals surface area contributed by atoms with E-state index in [0.29, 0.717) is 6.04 Å². The first kappa shape index (κ1) is 19.9. The maximum atomic E-state index is 5.03. The summed E-state index contributed by atoms with van der Waals surface area (Å²) in [6, 6.07) is 0.536. The molecule has 0 aromatic rings. The molecule has 6 heteroatoms. The van der Waals surface area contributed by atoms with Crippen LogP contribution in [0.5, 0.6) is 0 Å². The van der Waals surface area contributed by atoms with Crippen molar-refractivity contribution in [1.82, 2.24) is 24.9 Å². The topological polar surface area (TPSA) is 37.4 Å². The third-order valence-electron chi connectivity index (χ3n) is 6.32. The van der Waals surface area contributed by atoms with Gasteiger partial charge in [-0.1, -0.05) is 6.42 Å². The molecule has 0 bridgehead atoms. The van der Waals surface area contributed by atoms with Gasteiger partial charge in [-0.25, -0.2) is 0 Å². The lowest BCUT2D eigenvalue weighted by molar-refractivity contribution is 0.119. The van der Waals surface area contributed by atoms with Crippen molar-refractivity contribution in [3.63, 3.8) is 0 Å². The summed E-state index contributed by atoms with van der Waals surface area (Å²) in [4.78, 5) is 15.1. The van der Waals surface area contributed by atoms with Crippen molar-refractivity contribution >= 4 is 5.96 Å². The van der Waals surface area contributed by atoms with E-state index in [1.54, 1.807) is 0 Å². The minimum atomic E-state index is 0.536. The number of likely N-dealkylation sites (tertiary alicyclic amines) is 2. The number of hydrogen-bond acceptors (Lipinski definition) is 4. The van der Waals surface area contributed by atoms with Crippen LogP contribution < -0.4 is 5.32 Å². The van der Waals surface area contributed by atoms with Gasteiger partial charge in [0.25, 0.3) is 0 Å². The van der Waals surface area contributed by atoms with E-state index in [9.17, 15) is 0 Å². The number of piperazine rings is 1. The second-order valence-electron chi connectivity index (χ2n) is 8.55. The normalized spacial score (nSPS) is 30.1. The average molecular weight is 365 g/mol. The lowest BCUT2D eigenvalue weighted by Crippen LogP contribution is -2.51. The van der Waals surface area contributed by atoms with Gasteiger partial charge < -0.3 is 20.0 Å². The summed E-state index contributed by atoms with van der Waals surface area (Å²) in [6.45, 7) is 13.7. The zero-order chi connectivity index (χ0) is 18.4. The SMILES string of the molecule is CCNC(=NCC1CN(C)CCN1C)N1CCC(CN2CCCCC2)C1. The highest BCUT2D eigenvalue weighted by atomic mass is 15.3. The van der Waals surface area contributed by atoms with Gasteiger partial charge >= 0.3 is 0 Å². The summed E-state index contributed by atoms with van der Waals surface area (Å²) in [7, 11) is 4.46. The van der Waals surface area contributed by atoms with Crippen LogP contribution in [0.4, 0.5) is 0 Å². The molecule has 1 N–H and O–H groups in total. The van der Waals surface area contributed by atoms with Crippen molar-refractivity contribution in [2.24, 2.45) is 10.9 Å². The van der Waals surface area contributed by atoms with Gasteiger partial charge in [0.1, 0.15) is 0 Å². The van der Waals surface area contributed by atoms with E-state index in [0.717, 1.165) is 44.6 Å². The van der Waals surface area contributed by atoms with E-state index >= 15 is 0 Å². The molecule has 3 aliphatic rings. The van der Waals surface area contributed by atoms with E-state index in [1.807, 2.05) is 0 Å². The lowest BCUT2D eigenvalue weighted by Gasteiger charge is -2.37. The van der Waals surface area contributed by atoms with Gasteiger partial charge in [-0.15, -0.1) is 0 Å². The Morgan fingerprint density at radius 3 is 2.58 bits per heavy atom. The van der Waals surface area contributed by atoms with Crippen molar-refractivity contribution in [2.75, 3.05) is 79.5 Å². The average Bonchev–Trinajstić information content (AvgIpc) is 3.10. The number of likely N-dealkylation sites (N-methyl/N-ethyl adjacent to an activating group) is 2. The molecule has 3 rings (SSSR count). The summed E-state index contributed by atoms with van der Waals surface area (Å²) in [5.41, 5.74) is 0. The second kappa shape index (κ2) is 9.90. The van der Waals surface area contributed by atoms with Crippen LogP contribution >= 0.6 is 0 Å². The molecule has 0 spiro atoms. The minimum Gasteiger partial charge on any atom is -0.357 e. The van der Waals surface area contributed by atoms with Gasteiger partial charge in [0.05, 0.1) is 6.54 Å². The number of piperidine rings is 1. The van der Waals surface area contributed by atoms with Crippen LogP contribution in [-0.2, 0) is 0 Å². The first-order valence-electron chi connectivity index (χ1n) is 10.8. The molecule has 26 heavy (non-hydrogen) atoms. The Hall–Kier alpha value is -0.850.